The Morgan fingerprint density at radius 2 is 1.90 bits per heavy atom. The number of sulfonamides is 1. The average Bonchev–Trinajstić information content (AvgIpc) is 2.92. The maximum atomic E-state index is 12.3. The fraction of sp³-hybridized carbons (Fsp3) is 0.600. The van der Waals surface area contributed by atoms with Gasteiger partial charge in [-0.3, -0.25) is 0 Å². The van der Waals surface area contributed by atoms with Crippen molar-refractivity contribution in [2.75, 3.05) is 32.6 Å². The predicted molar refractivity (Wildman–Crippen MR) is 83.7 cm³/mol. The second-order valence-corrected chi connectivity index (χ2v) is 7.92. The lowest BCUT2D eigenvalue weighted by atomic mass is 9.97. The van der Waals surface area contributed by atoms with E-state index in [9.17, 15) is 13.5 Å². The van der Waals surface area contributed by atoms with Gasteiger partial charge in [-0.25, -0.2) is 12.7 Å². The maximum absolute atomic E-state index is 12.3. The second-order valence-electron chi connectivity index (χ2n) is 5.80. The normalized spacial score (nSPS) is 22.7. The predicted octanol–water partition coefficient (Wildman–Crippen LogP) is 1.76. The molecule has 0 bridgehead atoms. The van der Waals surface area contributed by atoms with Crippen molar-refractivity contribution in [3.8, 4) is 0 Å². The Kier molecular flexibility index (Phi) is 5.24. The third-order valence-corrected chi connectivity index (χ3v) is 6.12. The number of rotatable bonds is 6. The van der Waals surface area contributed by atoms with Crippen molar-refractivity contribution < 1.29 is 13.5 Å². The minimum Gasteiger partial charge on any atom is -0.396 e. The molecule has 5 nitrogen and oxygen atoms in total. The zero-order valence-corrected chi connectivity index (χ0v) is 13.4. The smallest absolute Gasteiger partial charge is 0.244 e. The van der Waals surface area contributed by atoms with Crippen LogP contribution in [0.2, 0.25) is 0 Å². The molecular weight excluding hydrogens is 288 g/mol. The number of hydrogen-bond donors (Lipinski definition) is 2. The summed E-state index contributed by atoms with van der Waals surface area (Å²) in [6.45, 7) is 0.912. The minimum absolute atomic E-state index is 0.212. The van der Waals surface area contributed by atoms with Gasteiger partial charge < -0.3 is 10.4 Å². The number of hydrogen-bond acceptors (Lipinski definition) is 4. The highest BCUT2D eigenvalue weighted by Crippen LogP contribution is 2.32. The van der Waals surface area contributed by atoms with Crippen molar-refractivity contribution in [3.63, 3.8) is 0 Å². The van der Waals surface area contributed by atoms with Crippen LogP contribution in [0.15, 0.2) is 29.2 Å². The number of anilines is 1. The summed E-state index contributed by atoms with van der Waals surface area (Å²) in [5.41, 5.74) is 0.634. The zero-order valence-electron chi connectivity index (χ0n) is 12.6. The number of benzene rings is 1. The van der Waals surface area contributed by atoms with Gasteiger partial charge in [-0.2, -0.15) is 0 Å². The Morgan fingerprint density at radius 3 is 2.57 bits per heavy atom. The molecule has 1 aromatic rings. The third kappa shape index (κ3) is 3.56. The first kappa shape index (κ1) is 16.3. The van der Waals surface area contributed by atoms with Gasteiger partial charge in [0, 0.05) is 27.2 Å². The van der Waals surface area contributed by atoms with Gasteiger partial charge in [0.05, 0.1) is 5.69 Å². The molecule has 21 heavy (non-hydrogen) atoms. The van der Waals surface area contributed by atoms with Crippen LogP contribution in [0.5, 0.6) is 0 Å². The van der Waals surface area contributed by atoms with Gasteiger partial charge in [0.25, 0.3) is 0 Å². The molecule has 1 saturated carbocycles. The van der Waals surface area contributed by atoms with Gasteiger partial charge in [-0.05, 0) is 36.8 Å². The molecule has 1 aliphatic carbocycles. The van der Waals surface area contributed by atoms with Gasteiger partial charge in [-0.15, -0.1) is 0 Å². The van der Waals surface area contributed by atoms with E-state index in [0.29, 0.717) is 29.0 Å². The summed E-state index contributed by atoms with van der Waals surface area (Å²) in [5, 5.41) is 12.6. The topological polar surface area (TPSA) is 69.6 Å². The van der Waals surface area contributed by atoms with Gasteiger partial charge in [0.2, 0.25) is 10.0 Å². The first-order valence-electron chi connectivity index (χ1n) is 7.33. The van der Waals surface area contributed by atoms with Crippen LogP contribution in [-0.2, 0) is 10.0 Å². The van der Waals surface area contributed by atoms with E-state index < -0.39 is 10.0 Å². The molecule has 0 amide bonds. The summed E-state index contributed by atoms with van der Waals surface area (Å²) in [6, 6.07) is 6.97. The van der Waals surface area contributed by atoms with E-state index in [-0.39, 0.29) is 6.61 Å². The van der Waals surface area contributed by atoms with Crippen molar-refractivity contribution in [2.24, 2.45) is 11.8 Å². The lowest BCUT2D eigenvalue weighted by Gasteiger charge is -2.21. The van der Waals surface area contributed by atoms with Crippen LogP contribution in [0.3, 0.4) is 0 Å². The summed E-state index contributed by atoms with van der Waals surface area (Å²) in [7, 11) is -0.386. The van der Waals surface area contributed by atoms with E-state index in [1.807, 2.05) is 6.07 Å². The van der Waals surface area contributed by atoms with Crippen LogP contribution in [0.25, 0.3) is 0 Å². The third-order valence-electron chi connectivity index (χ3n) is 4.25. The quantitative estimate of drug-likeness (QED) is 0.840. The van der Waals surface area contributed by atoms with Crippen molar-refractivity contribution in [1.29, 1.82) is 0 Å². The molecule has 0 aliphatic heterocycles. The van der Waals surface area contributed by atoms with E-state index in [2.05, 4.69) is 5.32 Å². The van der Waals surface area contributed by atoms with Crippen LogP contribution in [0.4, 0.5) is 5.69 Å². The fourth-order valence-corrected chi connectivity index (χ4v) is 3.96. The highest BCUT2D eigenvalue weighted by molar-refractivity contribution is 7.89. The van der Waals surface area contributed by atoms with E-state index >= 15 is 0 Å². The van der Waals surface area contributed by atoms with Crippen LogP contribution in [-0.4, -0.2) is 45.1 Å². The van der Waals surface area contributed by atoms with Crippen molar-refractivity contribution in [2.45, 2.75) is 24.2 Å². The molecule has 0 aromatic heterocycles. The minimum atomic E-state index is -3.45. The first-order valence-corrected chi connectivity index (χ1v) is 8.77. The molecule has 0 heterocycles. The second kappa shape index (κ2) is 6.77. The average molecular weight is 312 g/mol. The molecule has 1 fully saturated rings. The number of aliphatic hydroxyl groups excluding tert-OH is 1. The van der Waals surface area contributed by atoms with E-state index in [0.717, 1.165) is 19.3 Å². The van der Waals surface area contributed by atoms with Crippen molar-refractivity contribution in [1.82, 2.24) is 4.31 Å². The Morgan fingerprint density at radius 1 is 1.24 bits per heavy atom. The molecule has 0 radical (unpaired) electrons. The zero-order chi connectivity index (χ0) is 15.5. The number of aliphatic hydroxyl groups is 1. The number of para-hydroxylation sites is 1. The molecule has 118 valence electrons. The number of nitrogens with zero attached hydrogens (tertiary/aromatic N) is 1. The van der Waals surface area contributed by atoms with Crippen LogP contribution >= 0.6 is 0 Å². The molecule has 2 atom stereocenters. The standard InChI is InChI=1S/C15H24N2O3S/c1-17(2)21(19,20)15-9-4-3-8-14(15)16-10-12-6-5-7-13(12)11-18/h3-4,8-9,12-13,16,18H,5-7,10-11H2,1-2H3. The van der Waals surface area contributed by atoms with E-state index in [1.54, 1.807) is 18.2 Å². The maximum Gasteiger partial charge on any atom is 0.244 e. The fourth-order valence-electron chi connectivity index (χ4n) is 2.90. The summed E-state index contributed by atoms with van der Waals surface area (Å²) in [5.74, 6) is 0.736. The molecule has 1 aromatic carbocycles. The summed E-state index contributed by atoms with van der Waals surface area (Å²) < 4.78 is 25.9. The Hall–Kier alpha value is -1.11. The van der Waals surface area contributed by atoms with Crippen molar-refractivity contribution in [3.05, 3.63) is 24.3 Å². The molecule has 2 rings (SSSR count). The highest BCUT2D eigenvalue weighted by atomic mass is 32.2. The van der Waals surface area contributed by atoms with Crippen LogP contribution < -0.4 is 5.32 Å². The van der Waals surface area contributed by atoms with E-state index in [1.165, 1.54) is 18.4 Å². The summed E-state index contributed by atoms with van der Waals surface area (Å²) in [6.07, 6.45) is 3.27. The van der Waals surface area contributed by atoms with E-state index in [4.69, 9.17) is 0 Å². The van der Waals surface area contributed by atoms with Gasteiger partial charge in [-0.1, -0.05) is 18.6 Å². The van der Waals surface area contributed by atoms with Gasteiger partial charge in [0.1, 0.15) is 4.90 Å². The molecule has 2 N–H and O–H groups in total. The molecule has 1 aliphatic rings. The molecule has 0 saturated heterocycles. The Bertz CT molecular complexity index is 572. The van der Waals surface area contributed by atoms with Crippen LogP contribution in [0.1, 0.15) is 19.3 Å². The van der Waals surface area contributed by atoms with Crippen LogP contribution in [0, 0.1) is 11.8 Å². The molecule has 0 spiro atoms. The monoisotopic (exact) mass is 312 g/mol. The molecule has 6 heteroatoms. The SMILES string of the molecule is CN(C)S(=O)(=O)c1ccccc1NCC1CCCC1CO. The first-order chi connectivity index (χ1) is 9.96. The molecule has 2 unspecified atom stereocenters. The summed E-state index contributed by atoms with van der Waals surface area (Å²) in [4.78, 5) is 0.300. The van der Waals surface area contributed by atoms with Crippen molar-refractivity contribution >= 4 is 15.7 Å². The Labute approximate surface area is 127 Å². The molecular formula is C15H24N2O3S. The highest BCUT2D eigenvalue weighted by Gasteiger charge is 2.27. The lowest BCUT2D eigenvalue weighted by Crippen LogP contribution is -2.25. The van der Waals surface area contributed by atoms with Gasteiger partial charge in [0.15, 0.2) is 0 Å². The lowest BCUT2D eigenvalue weighted by molar-refractivity contribution is 0.199. The van der Waals surface area contributed by atoms with Gasteiger partial charge >= 0.3 is 0 Å². The number of nitrogens with one attached hydrogen (secondary N) is 1. The largest absolute Gasteiger partial charge is 0.396 e. The Balaban J connectivity index is 2.14. The summed E-state index contributed by atoms with van der Waals surface area (Å²) >= 11 is 0.